The Hall–Kier alpha value is -1.06. The minimum atomic E-state index is -0.903. The molecule has 0 aliphatic carbocycles. The van der Waals surface area contributed by atoms with Gasteiger partial charge in [0, 0.05) is 19.5 Å². The summed E-state index contributed by atoms with van der Waals surface area (Å²) in [6.45, 7) is 8.11. The number of hydrogen-bond acceptors (Lipinski definition) is 2. The highest BCUT2D eigenvalue weighted by Crippen LogP contribution is 2.33. The van der Waals surface area contributed by atoms with E-state index in [4.69, 9.17) is 5.11 Å². The van der Waals surface area contributed by atoms with Crippen LogP contribution in [-0.4, -0.2) is 35.0 Å². The molecule has 0 spiro atoms. The molecule has 0 saturated carbocycles. The van der Waals surface area contributed by atoms with Gasteiger partial charge in [0.2, 0.25) is 5.91 Å². The number of rotatable bonds is 3. The van der Waals surface area contributed by atoms with Gasteiger partial charge in [0.05, 0.1) is 6.42 Å². The largest absolute Gasteiger partial charge is 0.481 e. The number of carbonyl (C=O) groups excluding carboxylic acids is 1. The van der Waals surface area contributed by atoms with Crippen LogP contribution < -0.4 is 0 Å². The zero-order chi connectivity index (χ0) is 12.3. The molecule has 1 aliphatic heterocycles. The number of likely N-dealkylation sites (tertiary alicyclic amines) is 1. The number of aliphatic carboxylic acids is 1. The van der Waals surface area contributed by atoms with Crippen LogP contribution in [0.3, 0.4) is 0 Å². The van der Waals surface area contributed by atoms with Crippen LogP contribution >= 0.6 is 0 Å². The lowest BCUT2D eigenvalue weighted by Gasteiger charge is -2.26. The van der Waals surface area contributed by atoms with E-state index in [1.165, 1.54) is 0 Å². The van der Waals surface area contributed by atoms with Crippen LogP contribution in [0.15, 0.2) is 0 Å². The van der Waals surface area contributed by atoms with Crippen LogP contribution in [0.25, 0.3) is 0 Å². The Morgan fingerprint density at radius 1 is 1.31 bits per heavy atom. The van der Waals surface area contributed by atoms with Gasteiger partial charge in [-0.15, -0.1) is 0 Å². The van der Waals surface area contributed by atoms with E-state index < -0.39 is 5.97 Å². The molecule has 1 atom stereocenters. The van der Waals surface area contributed by atoms with Crippen molar-refractivity contribution in [3.05, 3.63) is 0 Å². The summed E-state index contributed by atoms with van der Waals surface area (Å²) in [5.74, 6) is -0.393. The third-order valence-electron chi connectivity index (χ3n) is 3.32. The molecule has 1 N–H and O–H groups in total. The maximum Gasteiger partial charge on any atom is 0.303 e. The van der Waals surface area contributed by atoms with Crippen LogP contribution in [0.1, 0.15) is 40.0 Å². The summed E-state index contributed by atoms with van der Waals surface area (Å²) in [7, 11) is 0. The predicted octanol–water partition coefficient (Wildman–Crippen LogP) is 1.75. The lowest BCUT2D eigenvalue weighted by molar-refractivity contribution is -0.140. The number of hydrogen-bond donors (Lipinski definition) is 1. The second-order valence-corrected chi connectivity index (χ2v) is 5.59. The minimum Gasteiger partial charge on any atom is -0.481 e. The zero-order valence-electron chi connectivity index (χ0n) is 10.3. The van der Waals surface area contributed by atoms with Crippen molar-refractivity contribution in [2.45, 2.75) is 40.0 Å². The summed E-state index contributed by atoms with van der Waals surface area (Å²) < 4.78 is 0. The first-order chi connectivity index (χ1) is 7.30. The Balaban J connectivity index is 2.41. The van der Waals surface area contributed by atoms with Gasteiger partial charge >= 0.3 is 5.97 Å². The fourth-order valence-corrected chi connectivity index (χ4v) is 2.07. The molecule has 16 heavy (non-hydrogen) atoms. The zero-order valence-corrected chi connectivity index (χ0v) is 10.3. The fraction of sp³-hybridized carbons (Fsp3) is 0.833. The standard InChI is InChI=1S/C12H21NO3/c1-12(2,3)9-6-7-13(8-9)10(14)4-5-11(15)16/h9H,4-8H2,1-3H3,(H,15,16). The summed E-state index contributed by atoms with van der Waals surface area (Å²) in [6, 6.07) is 0. The van der Waals surface area contributed by atoms with E-state index in [1.807, 2.05) is 0 Å². The van der Waals surface area contributed by atoms with Crippen molar-refractivity contribution in [1.82, 2.24) is 4.90 Å². The van der Waals surface area contributed by atoms with E-state index in [1.54, 1.807) is 4.90 Å². The quantitative estimate of drug-likeness (QED) is 0.799. The maximum atomic E-state index is 11.7. The fourth-order valence-electron chi connectivity index (χ4n) is 2.07. The van der Waals surface area contributed by atoms with E-state index >= 15 is 0 Å². The first-order valence-corrected chi connectivity index (χ1v) is 5.80. The number of carboxylic acids is 1. The Morgan fingerprint density at radius 3 is 2.38 bits per heavy atom. The molecule has 0 aromatic rings. The lowest BCUT2D eigenvalue weighted by atomic mass is 9.80. The molecule has 0 radical (unpaired) electrons. The highest BCUT2D eigenvalue weighted by atomic mass is 16.4. The molecule has 0 aromatic carbocycles. The van der Waals surface area contributed by atoms with Gasteiger partial charge in [0.25, 0.3) is 0 Å². The van der Waals surface area contributed by atoms with Crippen LogP contribution in [0, 0.1) is 11.3 Å². The molecular weight excluding hydrogens is 206 g/mol. The molecule has 1 rings (SSSR count). The van der Waals surface area contributed by atoms with Crippen molar-refractivity contribution >= 4 is 11.9 Å². The summed E-state index contributed by atoms with van der Waals surface area (Å²) in [5, 5.41) is 8.52. The van der Waals surface area contributed by atoms with E-state index in [-0.39, 0.29) is 24.2 Å². The average molecular weight is 227 g/mol. The summed E-state index contributed by atoms with van der Waals surface area (Å²) in [5.41, 5.74) is 0.224. The Labute approximate surface area is 96.6 Å². The third-order valence-corrected chi connectivity index (χ3v) is 3.32. The van der Waals surface area contributed by atoms with Gasteiger partial charge in [-0.2, -0.15) is 0 Å². The molecule has 92 valence electrons. The SMILES string of the molecule is CC(C)(C)C1CCN(C(=O)CCC(=O)O)C1. The van der Waals surface area contributed by atoms with Crippen molar-refractivity contribution in [2.24, 2.45) is 11.3 Å². The number of carboxylic acid groups (broad SMARTS) is 1. The maximum absolute atomic E-state index is 11.7. The Kier molecular flexibility index (Phi) is 3.94. The van der Waals surface area contributed by atoms with Crippen molar-refractivity contribution in [1.29, 1.82) is 0 Å². The van der Waals surface area contributed by atoms with Gasteiger partial charge in [-0.25, -0.2) is 0 Å². The van der Waals surface area contributed by atoms with Crippen molar-refractivity contribution < 1.29 is 14.7 Å². The van der Waals surface area contributed by atoms with Crippen molar-refractivity contribution in [2.75, 3.05) is 13.1 Å². The molecule has 1 fully saturated rings. The molecular formula is C12H21NO3. The molecule has 1 aliphatic rings. The molecule has 1 heterocycles. The molecule has 1 unspecified atom stereocenters. The first kappa shape index (κ1) is 13.0. The smallest absolute Gasteiger partial charge is 0.303 e. The van der Waals surface area contributed by atoms with Gasteiger partial charge in [0.15, 0.2) is 0 Å². The van der Waals surface area contributed by atoms with Crippen molar-refractivity contribution in [3.8, 4) is 0 Å². The van der Waals surface area contributed by atoms with Crippen LogP contribution in [0.4, 0.5) is 0 Å². The monoisotopic (exact) mass is 227 g/mol. The van der Waals surface area contributed by atoms with Crippen LogP contribution in [0.2, 0.25) is 0 Å². The normalized spacial score (nSPS) is 21.2. The minimum absolute atomic E-state index is 0.0193. The van der Waals surface area contributed by atoms with E-state index in [2.05, 4.69) is 20.8 Å². The third kappa shape index (κ3) is 3.51. The van der Waals surface area contributed by atoms with Crippen LogP contribution in [-0.2, 0) is 9.59 Å². The van der Waals surface area contributed by atoms with E-state index in [9.17, 15) is 9.59 Å². The van der Waals surface area contributed by atoms with Gasteiger partial charge in [-0.3, -0.25) is 9.59 Å². The second-order valence-electron chi connectivity index (χ2n) is 5.59. The first-order valence-electron chi connectivity index (χ1n) is 5.80. The Morgan fingerprint density at radius 2 is 1.94 bits per heavy atom. The molecule has 4 nitrogen and oxygen atoms in total. The summed E-state index contributed by atoms with van der Waals surface area (Å²) in [4.78, 5) is 23.9. The topological polar surface area (TPSA) is 57.6 Å². The molecule has 1 amide bonds. The van der Waals surface area contributed by atoms with Gasteiger partial charge in [-0.05, 0) is 17.8 Å². The van der Waals surface area contributed by atoms with Gasteiger partial charge < -0.3 is 10.0 Å². The second kappa shape index (κ2) is 4.85. The van der Waals surface area contributed by atoms with Gasteiger partial charge in [-0.1, -0.05) is 20.8 Å². The summed E-state index contributed by atoms with van der Waals surface area (Å²) in [6.07, 6.45) is 1.10. The summed E-state index contributed by atoms with van der Waals surface area (Å²) >= 11 is 0. The molecule has 4 heteroatoms. The molecule has 0 bridgehead atoms. The van der Waals surface area contributed by atoms with Crippen LogP contribution in [0.5, 0.6) is 0 Å². The molecule has 0 aromatic heterocycles. The lowest BCUT2D eigenvalue weighted by Crippen LogP contribution is -2.31. The number of carbonyl (C=O) groups is 2. The predicted molar refractivity (Wildman–Crippen MR) is 61.0 cm³/mol. The number of amides is 1. The van der Waals surface area contributed by atoms with Crippen molar-refractivity contribution in [3.63, 3.8) is 0 Å². The van der Waals surface area contributed by atoms with Gasteiger partial charge in [0.1, 0.15) is 0 Å². The average Bonchev–Trinajstić information content (AvgIpc) is 2.61. The van der Waals surface area contributed by atoms with E-state index in [0.717, 1.165) is 19.5 Å². The van der Waals surface area contributed by atoms with E-state index in [0.29, 0.717) is 5.92 Å². The number of nitrogens with zero attached hydrogens (tertiary/aromatic N) is 1. The highest BCUT2D eigenvalue weighted by molar-refractivity contribution is 5.80. The highest BCUT2D eigenvalue weighted by Gasteiger charge is 2.33. The Bertz CT molecular complexity index is 280. The molecule has 1 saturated heterocycles.